The van der Waals surface area contributed by atoms with Gasteiger partial charge in [0.05, 0.1) is 12.1 Å². The van der Waals surface area contributed by atoms with Gasteiger partial charge in [0.1, 0.15) is 17.8 Å². The highest BCUT2D eigenvalue weighted by Crippen LogP contribution is 2.20. The summed E-state index contributed by atoms with van der Waals surface area (Å²) < 4.78 is 10.2. The molecule has 1 aromatic carbocycles. The second kappa shape index (κ2) is 7.82. The quantitative estimate of drug-likeness (QED) is 0.498. The summed E-state index contributed by atoms with van der Waals surface area (Å²) >= 11 is 0. The van der Waals surface area contributed by atoms with Crippen LogP contribution in [0.4, 0.5) is 5.82 Å². The van der Waals surface area contributed by atoms with Crippen molar-refractivity contribution in [3.63, 3.8) is 0 Å². The van der Waals surface area contributed by atoms with Crippen molar-refractivity contribution >= 4 is 5.82 Å². The standard InChI is InChI=1S/C20H19N5O2/c1-25(14-17-11-12-26-23-17)19-10-8-16(13-21-19)20-22-18(24-27-20)9-7-15-5-3-2-4-6-15/h2-6,8,10-13H,7,9,14H2,1H3. The topological polar surface area (TPSA) is 81.1 Å². The van der Waals surface area contributed by atoms with Crippen LogP contribution in [-0.4, -0.2) is 27.3 Å². The third kappa shape index (κ3) is 4.20. The molecule has 3 heterocycles. The number of pyridine rings is 1. The zero-order valence-corrected chi connectivity index (χ0v) is 14.9. The Morgan fingerprint density at radius 2 is 1.85 bits per heavy atom. The average molecular weight is 361 g/mol. The van der Waals surface area contributed by atoms with E-state index in [9.17, 15) is 0 Å². The van der Waals surface area contributed by atoms with Gasteiger partial charge in [-0.25, -0.2) is 4.98 Å². The van der Waals surface area contributed by atoms with Crippen LogP contribution in [0.2, 0.25) is 0 Å². The van der Waals surface area contributed by atoms with Crippen molar-refractivity contribution in [3.8, 4) is 11.5 Å². The number of rotatable bonds is 7. The van der Waals surface area contributed by atoms with Crippen LogP contribution in [0.5, 0.6) is 0 Å². The Bertz CT molecular complexity index is 965. The van der Waals surface area contributed by atoms with Gasteiger partial charge in [-0.15, -0.1) is 0 Å². The number of hydrogen-bond donors (Lipinski definition) is 0. The van der Waals surface area contributed by atoms with Crippen molar-refractivity contribution < 1.29 is 9.05 Å². The molecule has 0 aliphatic carbocycles. The molecule has 0 unspecified atom stereocenters. The molecule has 7 nitrogen and oxygen atoms in total. The van der Waals surface area contributed by atoms with Gasteiger partial charge in [-0.2, -0.15) is 4.98 Å². The highest BCUT2D eigenvalue weighted by molar-refractivity contribution is 5.54. The van der Waals surface area contributed by atoms with E-state index in [0.29, 0.717) is 18.3 Å². The van der Waals surface area contributed by atoms with Crippen molar-refractivity contribution in [3.05, 3.63) is 78.1 Å². The summed E-state index contributed by atoms with van der Waals surface area (Å²) in [5.74, 6) is 2.00. The van der Waals surface area contributed by atoms with E-state index < -0.39 is 0 Å². The van der Waals surface area contributed by atoms with Crippen LogP contribution >= 0.6 is 0 Å². The predicted octanol–water partition coefficient (Wildman–Crippen LogP) is 3.54. The molecule has 3 aromatic heterocycles. The Hall–Kier alpha value is -3.48. The third-order valence-electron chi connectivity index (χ3n) is 4.22. The summed E-state index contributed by atoms with van der Waals surface area (Å²) in [7, 11) is 1.95. The molecule has 0 radical (unpaired) electrons. The number of aromatic nitrogens is 4. The molecule has 0 atom stereocenters. The van der Waals surface area contributed by atoms with Crippen LogP contribution in [-0.2, 0) is 19.4 Å². The first-order valence-corrected chi connectivity index (χ1v) is 8.71. The van der Waals surface area contributed by atoms with E-state index in [4.69, 9.17) is 9.05 Å². The minimum absolute atomic E-state index is 0.483. The Morgan fingerprint density at radius 1 is 0.963 bits per heavy atom. The molecule has 27 heavy (non-hydrogen) atoms. The maximum atomic E-state index is 5.39. The molecule has 4 aromatic rings. The van der Waals surface area contributed by atoms with Gasteiger partial charge in [0.25, 0.3) is 5.89 Å². The predicted molar refractivity (Wildman–Crippen MR) is 100.0 cm³/mol. The number of hydrogen-bond acceptors (Lipinski definition) is 7. The fraction of sp³-hybridized carbons (Fsp3) is 0.200. The molecular formula is C20H19N5O2. The summed E-state index contributed by atoms with van der Waals surface area (Å²) in [5, 5.41) is 7.98. The third-order valence-corrected chi connectivity index (χ3v) is 4.22. The fourth-order valence-electron chi connectivity index (χ4n) is 2.76. The van der Waals surface area contributed by atoms with Gasteiger partial charge >= 0.3 is 0 Å². The van der Waals surface area contributed by atoms with E-state index in [1.807, 2.05) is 48.3 Å². The first kappa shape index (κ1) is 17.0. The molecule has 0 N–H and O–H groups in total. The summed E-state index contributed by atoms with van der Waals surface area (Å²) in [4.78, 5) is 10.9. The lowest BCUT2D eigenvalue weighted by molar-refractivity contribution is 0.411. The Labute approximate surface area is 156 Å². The van der Waals surface area contributed by atoms with Gasteiger partial charge in [0.2, 0.25) is 0 Å². The molecule has 0 amide bonds. The van der Waals surface area contributed by atoms with Crippen LogP contribution in [0.15, 0.2) is 70.0 Å². The van der Waals surface area contributed by atoms with Gasteiger partial charge in [-0.3, -0.25) is 0 Å². The largest absolute Gasteiger partial charge is 0.364 e. The molecule has 0 saturated heterocycles. The number of nitrogens with zero attached hydrogens (tertiary/aromatic N) is 5. The smallest absolute Gasteiger partial charge is 0.259 e. The minimum atomic E-state index is 0.483. The van der Waals surface area contributed by atoms with Gasteiger partial charge in [0.15, 0.2) is 5.82 Å². The van der Waals surface area contributed by atoms with Crippen molar-refractivity contribution in [2.45, 2.75) is 19.4 Å². The summed E-state index contributed by atoms with van der Waals surface area (Å²) in [5.41, 5.74) is 2.90. The van der Waals surface area contributed by atoms with Gasteiger partial charge < -0.3 is 13.9 Å². The molecule has 0 saturated carbocycles. The molecule has 0 fully saturated rings. The van der Waals surface area contributed by atoms with E-state index in [0.717, 1.165) is 29.9 Å². The molecular weight excluding hydrogens is 342 g/mol. The van der Waals surface area contributed by atoms with E-state index in [1.54, 1.807) is 12.5 Å². The summed E-state index contributed by atoms with van der Waals surface area (Å²) in [6, 6.07) is 15.9. The van der Waals surface area contributed by atoms with Crippen molar-refractivity contribution in [1.29, 1.82) is 0 Å². The lowest BCUT2D eigenvalue weighted by Gasteiger charge is -2.16. The zero-order chi connectivity index (χ0) is 18.5. The van der Waals surface area contributed by atoms with Crippen LogP contribution in [0, 0.1) is 0 Å². The Morgan fingerprint density at radius 3 is 2.59 bits per heavy atom. The normalized spacial score (nSPS) is 10.9. The van der Waals surface area contributed by atoms with Crippen molar-refractivity contribution in [2.24, 2.45) is 0 Å². The fourth-order valence-corrected chi connectivity index (χ4v) is 2.76. The molecule has 0 aliphatic rings. The van der Waals surface area contributed by atoms with E-state index in [-0.39, 0.29) is 0 Å². The molecule has 0 bridgehead atoms. The maximum absolute atomic E-state index is 5.39. The molecule has 4 rings (SSSR count). The number of anilines is 1. The van der Waals surface area contributed by atoms with Crippen LogP contribution in [0.25, 0.3) is 11.5 Å². The van der Waals surface area contributed by atoms with E-state index >= 15 is 0 Å². The minimum Gasteiger partial charge on any atom is -0.364 e. The highest BCUT2D eigenvalue weighted by Gasteiger charge is 2.11. The maximum Gasteiger partial charge on any atom is 0.259 e. The first-order valence-electron chi connectivity index (χ1n) is 8.71. The molecule has 0 spiro atoms. The first-order chi connectivity index (χ1) is 13.3. The Balaban J connectivity index is 1.39. The van der Waals surface area contributed by atoms with Crippen molar-refractivity contribution in [2.75, 3.05) is 11.9 Å². The second-order valence-corrected chi connectivity index (χ2v) is 6.25. The average Bonchev–Trinajstić information content (AvgIpc) is 3.39. The van der Waals surface area contributed by atoms with Crippen LogP contribution < -0.4 is 4.90 Å². The van der Waals surface area contributed by atoms with E-state index in [2.05, 4.69) is 32.4 Å². The van der Waals surface area contributed by atoms with Gasteiger partial charge in [-0.05, 0) is 24.1 Å². The molecule has 7 heteroatoms. The highest BCUT2D eigenvalue weighted by atomic mass is 16.5. The number of aryl methyl sites for hydroxylation is 2. The summed E-state index contributed by atoms with van der Waals surface area (Å²) in [6.07, 6.45) is 4.91. The monoisotopic (exact) mass is 361 g/mol. The van der Waals surface area contributed by atoms with Gasteiger partial charge in [-0.1, -0.05) is 40.6 Å². The lowest BCUT2D eigenvalue weighted by Crippen LogP contribution is -2.17. The zero-order valence-electron chi connectivity index (χ0n) is 14.9. The van der Waals surface area contributed by atoms with E-state index in [1.165, 1.54) is 5.56 Å². The van der Waals surface area contributed by atoms with Crippen LogP contribution in [0.1, 0.15) is 17.1 Å². The van der Waals surface area contributed by atoms with Crippen LogP contribution in [0.3, 0.4) is 0 Å². The second-order valence-electron chi connectivity index (χ2n) is 6.25. The number of benzene rings is 1. The lowest BCUT2D eigenvalue weighted by atomic mass is 10.1. The molecule has 136 valence electrons. The summed E-state index contributed by atoms with van der Waals surface area (Å²) in [6.45, 7) is 0.618. The SMILES string of the molecule is CN(Cc1ccon1)c1ccc(-c2nc(CCc3ccccc3)no2)cn1. The van der Waals surface area contributed by atoms with Crippen molar-refractivity contribution in [1.82, 2.24) is 20.3 Å². The molecule has 0 aliphatic heterocycles. The van der Waals surface area contributed by atoms with Gasteiger partial charge in [0, 0.05) is 25.7 Å². The Kier molecular flexibility index (Phi) is 4.91.